The van der Waals surface area contributed by atoms with Gasteiger partial charge in [0.05, 0.1) is 23.9 Å². The second-order valence-electron chi connectivity index (χ2n) is 8.61. The van der Waals surface area contributed by atoms with E-state index in [9.17, 15) is 4.79 Å². The average Bonchev–Trinajstić information content (AvgIpc) is 3.01. The van der Waals surface area contributed by atoms with Crippen LogP contribution in [0.3, 0.4) is 0 Å². The van der Waals surface area contributed by atoms with Gasteiger partial charge in [-0.15, -0.1) is 5.10 Å². The molecule has 1 aromatic heterocycles. The van der Waals surface area contributed by atoms with Crippen LogP contribution in [0.5, 0.6) is 0 Å². The van der Waals surface area contributed by atoms with E-state index < -0.39 is 0 Å². The number of rotatable bonds is 5. The lowest BCUT2D eigenvalue weighted by molar-refractivity contribution is -0.0948. The van der Waals surface area contributed by atoms with E-state index in [1.807, 2.05) is 11.6 Å². The van der Waals surface area contributed by atoms with Gasteiger partial charge in [-0.05, 0) is 60.5 Å². The minimum Gasteiger partial charge on any atom is -0.373 e. The maximum absolute atomic E-state index is 12.7. The fraction of sp³-hybridized carbons (Fsp3) is 0.842. The highest BCUT2D eigenvalue weighted by atomic mass is 16.5. The first-order valence-electron chi connectivity index (χ1n) is 10.1. The normalized spacial score (nSPS) is 25.5. The lowest BCUT2D eigenvalue weighted by Gasteiger charge is -2.45. The summed E-state index contributed by atoms with van der Waals surface area (Å²) in [5.74, 6) is -0.143. The number of aromatic nitrogens is 3. The van der Waals surface area contributed by atoms with Crippen LogP contribution in [0, 0.1) is 6.92 Å². The number of nitrogens with zero attached hydrogens (tertiary/aromatic N) is 4. The van der Waals surface area contributed by atoms with Crippen molar-refractivity contribution in [2.45, 2.75) is 71.2 Å². The highest BCUT2D eigenvalue weighted by molar-refractivity contribution is 5.93. The van der Waals surface area contributed by atoms with Crippen LogP contribution >= 0.6 is 0 Å². The van der Waals surface area contributed by atoms with Crippen LogP contribution in [0.1, 0.15) is 62.8 Å². The fourth-order valence-corrected chi connectivity index (χ4v) is 4.11. The summed E-state index contributed by atoms with van der Waals surface area (Å²) in [6.07, 6.45) is 2.45. The zero-order valence-corrected chi connectivity index (χ0v) is 17.3. The molecule has 2 aliphatic rings. The summed E-state index contributed by atoms with van der Waals surface area (Å²) in [5, 5.41) is 14.9. The standard InChI is InChI=1S/C19H34N6O2/c1-13-10-24(11-14(2)27-13)19(4,5)12-21-18(26)17-15(3)25(23-22-17)16-6-8-20-9-7-16/h13-14,16,20H,6-12H2,1-5H3,(H,21,26)/t13-,14-/m0/s1. The van der Waals surface area contributed by atoms with Gasteiger partial charge in [-0.25, -0.2) is 4.68 Å². The first-order chi connectivity index (χ1) is 12.8. The lowest BCUT2D eigenvalue weighted by Crippen LogP contribution is -2.58. The van der Waals surface area contributed by atoms with Gasteiger partial charge < -0.3 is 15.4 Å². The molecule has 2 aliphatic heterocycles. The third kappa shape index (κ3) is 4.67. The molecule has 152 valence electrons. The maximum atomic E-state index is 12.7. The molecule has 0 unspecified atom stereocenters. The second kappa shape index (κ2) is 8.24. The zero-order valence-electron chi connectivity index (χ0n) is 17.3. The van der Waals surface area contributed by atoms with Gasteiger partial charge in [-0.1, -0.05) is 5.21 Å². The number of carbonyl (C=O) groups is 1. The quantitative estimate of drug-likeness (QED) is 0.799. The lowest BCUT2D eigenvalue weighted by atomic mass is 10.00. The fourth-order valence-electron chi connectivity index (χ4n) is 4.11. The molecule has 1 amide bonds. The van der Waals surface area contributed by atoms with E-state index in [-0.39, 0.29) is 23.7 Å². The Bertz CT molecular complexity index is 643. The van der Waals surface area contributed by atoms with Gasteiger partial charge in [0.2, 0.25) is 0 Å². The SMILES string of the molecule is Cc1c(C(=O)NCC(C)(C)N2C[C@H](C)O[C@@H](C)C2)nnn1C1CCNCC1. The summed E-state index contributed by atoms with van der Waals surface area (Å²) in [6, 6.07) is 0.327. The molecule has 0 spiro atoms. The van der Waals surface area contributed by atoms with Crippen molar-refractivity contribution in [2.24, 2.45) is 0 Å². The van der Waals surface area contributed by atoms with E-state index in [0.717, 1.165) is 44.7 Å². The second-order valence-corrected chi connectivity index (χ2v) is 8.61. The first kappa shape index (κ1) is 20.2. The molecule has 1 aromatic rings. The number of ether oxygens (including phenoxy) is 1. The molecular weight excluding hydrogens is 344 g/mol. The van der Waals surface area contributed by atoms with Gasteiger partial charge in [0.15, 0.2) is 5.69 Å². The predicted octanol–water partition coefficient (Wildman–Crippen LogP) is 1.13. The Labute approximate surface area is 162 Å². The van der Waals surface area contributed by atoms with E-state index in [4.69, 9.17) is 4.74 Å². The molecule has 0 saturated carbocycles. The highest BCUT2D eigenvalue weighted by Crippen LogP contribution is 2.22. The van der Waals surface area contributed by atoms with Crippen molar-refractivity contribution in [1.29, 1.82) is 0 Å². The Balaban J connectivity index is 1.61. The van der Waals surface area contributed by atoms with Crippen LogP contribution in [0.2, 0.25) is 0 Å². The molecule has 3 heterocycles. The molecule has 0 aromatic carbocycles. The van der Waals surface area contributed by atoms with Crippen LogP contribution < -0.4 is 10.6 Å². The molecule has 2 N–H and O–H groups in total. The largest absolute Gasteiger partial charge is 0.373 e. The number of morpholine rings is 1. The van der Waals surface area contributed by atoms with Crippen LogP contribution in [0.25, 0.3) is 0 Å². The molecule has 3 rings (SSSR count). The van der Waals surface area contributed by atoms with E-state index in [2.05, 4.69) is 53.5 Å². The first-order valence-corrected chi connectivity index (χ1v) is 10.1. The Morgan fingerprint density at radius 1 is 1.26 bits per heavy atom. The molecule has 2 atom stereocenters. The average molecular weight is 379 g/mol. The van der Waals surface area contributed by atoms with Crippen molar-refractivity contribution in [3.63, 3.8) is 0 Å². The van der Waals surface area contributed by atoms with Gasteiger partial charge in [-0.2, -0.15) is 0 Å². The van der Waals surface area contributed by atoms with Crippen molar-refractivity contribution in [3.05, 3.63) is 11.4 Å². The number of hydrogen-bond donors (Lipinski definition) is 2. The smallest absolute Gasteiger partial charge is 0.273 e. The third-order valence-corrected chi connectivity index (χ3v) is 5.75. The van der Waals surface area contributed by atoms with Crippen LogP contribution in [-0.4, -0.2) is 76.3 Å². The van der Waals surface area contributed by atoms with Gasteiger partial charge in [0, 0.05) is 25.2 Å². The van der Waals surface area contributed by atoms with Crippen molar-refractivity contribution in [2.75, 3.05) is 32.7 Å². The minimum absolute atomic E-state index is 0.143. The van der Waals surface area contributed by atoms with Crippen LogP contribution in [0.4, 0.5) is 0 Å². The number of amides is 1. The molecule has 8 nitrogen and oxygen atoms in total. The third-order valence-electron chi connectivity index (χ3n) is 5.75. The molecule has 2 saturated heterocycles. The summed E-state index contributed by atoms with van der Waals surface area (Å²) in [6.45, 7) is 14.7. The summed E-state index contributed by atoms with van der Waals surface area (Å²) in [5.41, 5.74) is 1.14. The highest BCUT2D eigenvalue weighted by Gasteiger charge is 2.34. The molecule has 0 radical (unpaired) electrons. The van der Waals surface area contributed by atoms with Crippen molar-refractivity contribution in [1.82, 2.24) is 30.5 Å². The molecule has 2 fully saturated rings. The van der Waals surface area contributed by atoms with E-state index in [1.165, 1.54) is 0 Å². The van der Waals surface area contributed by atoms with Crippen molar-refractivity contribution in [3.8, 4) is 0 Å². The Hall–Kier alpha value is -1.51. The van der Waals surface area contributed by atoms with E-state index in [1.54, 1.807) is 0 Å². The number of carbonyl (C=O) groups excluding carboxylic acids is 1. The summed E-state index contributed by atoms with van der Waals surface area (Å²) in [4.78, 5) is 15.1. The van der Waals surface area contributed by atoms with E-state index >= 15 is 0 Å². The molecular formula is C19H34N6O2. The summed E-state index contributed by atoms with van der Waals surface area (Å²) < 4.78 is 7.75. The number of nitrogens with one attached hydrogen (secondary N) is 2. The molecule has 8 heteroatoms. The van der Waals surface area contributed by atoms with Crippen molar-refractivity contribution < 1.29 is 9.53 Å². The van der Waals surface area contributed by atoms with Crippen molar-refractivity contribution >= 4 is 5.91 Å². The molecule has 0 aliphatic carbocycles. The Morgan fingerprint density at radius 3 is 2.52 bits per heavy atom. The minimum atomic E-state index is -0.152. The topological polar surface area (TPSA) is 84.3 Å². The monoisotopic (exact) mass is 378 g/mol. The van der Waals surface area contributed by atoms with Gasteiger partial charge in [0.25, 0.3) is 5.91 Å². The molecule has 27 heavy (non-hydrogen) atoms. The molecule has 0 bridgehead atoms. The summed E-state index contributed by atoms with van der Waals surface area (Å²) >= 11 is 0. The zero-order chi connectivity index (χ0) is 19.6. The number of piperidine rings is 1. The maximum Gasteiger partial charge on any atom is 0.273 e. The van der Waals surface area contributed by atoms with Gasteiger partial charge in [0.1, 0.15) is 0 Å². The van der Waals surface area contributed by atoms with Gasteiger partial charge >= 0.3 is 0 Å². The Kier molecular flexibility index (Phi) is 6.18. The van der Waals surface area contributed by atoms with E-state index in [0.29, 0.717) is 18.3 Å². The van der Waals surface area contributed by atoms with Gasteiger partial charge in [-0.3, -0.25) is 9.69 Å². The van der Waals surface area contributed by atoms with Crippen LogP contribution in [0.15, 0.2) is 0 Å². The number of hydrogen-bond acceptors (Lipinski definition) is 6. The Morgan fingerprint density at radius 2 is 1.89 bits per heavy atom. The summed E-state index contributed by atoms with van der Waals surface area (Å²) in [7, 11) is 0. The van der Waals surface area contributed by atoms with Crippen LogP contribution in [-0.2, 0) is 4.74 Å². The predicted molar refractivity (Wildman–Crippen MR) is 104 cm³/mol.